The van der Waals surface area contributed by atoms with Crippen molar-refractivity contribution in [1.82, 2.24) is 4.90 Å². The molecular formula is C8H14N2O2. The van der Waals surface area contributed by atoms with E-state index in [4.69, 9.17) is 4.74 Å². The van der Waals surface area contributed by atoms with Gasteiger partial charge in [-0.25, -0.2) is 4.99 Å². The minimum absolute atomic E-state index is 0.0856. The minimum Gasteiger partial charge on any atom is -0.472 e. The molecule has 0 aromatic heterocycles. The molecule has 12 heavy (non-hydrogen) atoms. The number of carbonyl (C=O) groups excluding carboxylic acids is 1. The van der Waals surface area contributed by atoms with Gasteiger partial charge in [0.2, 0.25) is 0 Å². The highest BCUT2D eigenvalue weighted by Gasteiger charge is 2.21. The van der Waals surface area contributed by atoms with E-state index in [1.165, 1.54) is 0 Å². The Balaban J connectivity index is 2.55. The first kappa shape index (κ1) is 9.03. The highest BCUT2D eigenvalue weighted by atomic mass is 16.5. The summed E-state index contributed by atoms with van der Waals surface area (Å²) in [6, 6.07) is 0. The Morgan fingerprint density at radius 2 is 2.25 bits per heavy atom. The van der Waals surface area contributed by atoms with Gasteiger partial charge in [-0.15, -0.1) is 0 Å². The molecule has 1 heterocycles. The lowest BCUT2D eigenvalue weighted by atomic mass is 10.4. The summed E-state index contributed by atoms with van der Waals surface area (Å²) in [5, 5.41) is 0. The zero-order chi connectivity index (χ0) is 8.97. The maximum Gasteiger partial charge on any atom is 0.308 e. The maximum atomic E-state index is 11.5. The molecule has 0 saturated carbocycles. The number of amides is 1. The predicted octanol–water partition coefficient (Wildman–Crippen LogP) is 0.283. The van der Waals surface area contributed by atoms with E-state index >= 15 is 0 Å². The Bertz CT molecular complexity index is 197. The summed E-state index contributed by atoms with van der Waals surface area (Å²) in [4.78, 5) is 17.1. The molecular weight excluding hydrogens is 156 g/mol. The van der Waals surface area contributed by atoms with Crippen LogP contribution in [0.25, 0.3) is 0 Å². The van der Waals surface area contributed by atoms with Gasteiger partial charge in [0.25, 0.3) is 5.90 Å². The summed E-state index contributed by atoms with van der Waals surface area (Å²) >= 11 is 0. The van der Waals surface area contributed by atoms with Crippen LogP contribution in [-0.2, 0) is 9.53 Å². The molecule has 0 saturated heterocycles. The van der Waals surface area contributed by atoms with E-state index in [1.807, 2.05) is 13.8 Å². The van der Waals surface area contributed by atoms with Crippen molar-refractivity contribution < 1.29 is 9.53 Å². The zero-order valence-corrected chi connectivity index (χ0v) is 7.54. The molecule has 1 aliphatic heterocycles. The molecule has 4 nitrogen and oxygen atoms in total. The fraction of sp³-hybridized carbons (Fsp3) is 0.750. The number of nitrogens with zero attached hydrogens (tertiary/aromatic N) is 2. The molecule has 1 rings (SSSR count). The van der Waals surface area contributed by atoms with Gasteiger partial charge in [-0.1, -0.05) is 0 Å². The first-order valence-electron chi connectivity index (χ1n) is 4.26. The summed E-state index contributed by atoms with van der Waals surface area (Å²) in [5.74, 6) is 0.191. The standard InChI is InChI=1S/C8H14N2O2/c1-3-10(4-2)8(11)7-9-5-6-12-7/h3-6H2,1-2H3. The Labute approximate surface area is 72.2 Å². The number of ether oxygens (including phenoxy) is 1. The Morgan fingerprint density at radius 1 is 1.58 bits per heavy atom. The molecule has 0 N–H and O–H groups in total. The first-order valence-corrected chi connectivity index (χ1v) is 4.26. The van der Waals surface area contributed by atoms with Crippen molar-refractivity contribution in [2.75, 3.05) is 26.2 Å². The first-order chi connectivity index (χ1) is 5.79. The van der Waals surface area contributed by atoms with Crippen molar-refractivity contribution in [2.45, 2.75) is 13.8 Å². The molecule has 68 valence electrons. The lowest BCUT2D eigenvalue weighted by Gasteiger charge is -2.17. The van der Waals surface area contributed by atoms with Gasteiger partial charge in [-0.2, -0.15) is 0 Å². The molecule has 0 spiro atoms. The molecule has 0 aromatic rings. The smallest absolute Gasteiger partial charge is 0.308 e. The Morgan fingerprint density at radius 3 is 2.67 bits per heavy atom. The van der Waals surface area contributed by atoms with Crippen LogP contribution in [0.5, 0.6) is 0 Å². The highest BCUT2D eigenvalue weighted by Crippen LogP contribution is 1.99. The SMILES string of the molecule is CCN(CC)C(=O)C1=NCCO1. The predicted molar refractivity (Wildman–Crippen MR) is 46.2 cm³/mol. The van der Waals surface area contributed by atoms with Gasteiger partial charge in [0.15, 0.2) is 0 Å². The van der Waals surface area contributed by atoms with E-state index in [0.29, 0.717) is 26.2 Å². The van der Waals surface area contributed by atoms with Crippen LogP contribution in [0.4, 0.5) is 0 Å². The third-order valence-corrected chi connectivity index (χ3v) is 1.82. The van der Waals surface area contributed by atoms with E-state index in [1.54, 1.807) is 4.90 Å². The van der Waals surface area contributed by atoms with Crippen molar-refractivity contribution in [3.8, 4) is 0 Å². The molecule has 0 unspecified atom stereocenters. The largest absolute Gasteiger partial charge is 0.472 e. The van der Waals surface area contributed by atoms with Crippen LogP contribution in [0.3, 0.4) is 0 Å². The lowest BCUT2D eigenvalue weighted by Crippen LogP contribution is -2.36. The third-order valence-electron chi connectivity index (χ3n) is 1.82. The van der Waals surface area contributed by atoms with Crippen LogP contribution in [0.2, 0.25) is 0 Å². The number of likely N-dealkylation sites (N-methyl/N-ethyl adjacent to an activating group) is 1. The monoisotopic (exact) mass is 170 g/mol. The second kappa shape index (κ2) is 4.09. The van der Waals surface area contributed by atoms with Crippen LogP contribution in [0.15, 0.2) is 4.99 Å². The van der Waals surface area contributed by atoms with Crippen molar-refractivity contribution in [3.63, 3.8) is 0 Å². The average Bonchev–Trinajstić information content (AvgIpc) is 2.58. The van der Waals surface area contributed by atoms with E-state index in [2.05, 4.69) is 4.99 Å². The number of hydrogen-bond donors (Lipinski definition) is 0. The zero-order valence-electron chi connectivity index (χ0n) is 7.54. The quantitative estimate of drug-likeness (QED) is 0.610. The van der Waals surface area contributed by atoms with E-state index < -0.39 is 0 Å². The summed E-state index contributed by atoms with van der Waals surface area (Å²) in [7, 11) is 0. The fourth-order valence-electron chi connectivity index (χ4n) is 1.11. The fourth-order valence-corrected chi connectivity index (χ4v) is 1.11. The molecule has 0 atom stereocenters. The Kier molecular flexibility index (Phi) is 3.08. The second-order valence-electron chi connectivity index (χ2n) is 2.51. The van der Waals surface area contributed by atoms with E-state index in [9.17, 15) is 4.79 Å². The normalized spacial score (nSPS) is 15.3. The van der Waals surface area contributed by atoms with Crippen molar-refractivity contribution in [3.05, 3.63) is 0 Å². The summed E-state index contributed by atoms with van der Waals surface area (Å²) in [6.45, 7) is 6.45. The highest BCUT2D eigenvalue weighted by molar-refractivity contribution is 6.35. The lowest BCUT2D eigenvalue weighted by molar-refractivity contribution is -0.125. The number of hydrogen-bond acceptors (Lipinski definition) is 3. The number of aliphatic imine (C=N–C) groups is 1. The molecule has 4 heteroatoms. The maximum absolute atomic E-state index is 11.5. The van der Waals surface area contributed by atoms with Gasteiger partial charge in [-0.05, 0) is 13.8 Å². The van der Waals surface area contributed by atoms with Gasteiger partial charge in [0.1, 0.15) is 6.61 Å². The molecule has 1 aliphatic rings. The average molecular weight is 170 g/mol. The van der Waals surface area contributed by atoms with Gasteiger partial charge >= 0.3 is 5.91 Å². The molecule has 0 fully saturated rings. The third kappa shape index (κ3) is 1.75. The Hall–Kier alpha value is -1.06. The van der Waals surface area contributed by atoms with Crippen LogP contribution < -0.4 is 0 Å². The van der Waals surface area contributed by atoms with Gasteiger partial charge in [-0.3, -0.25) is 4.79 Å². The van der Waals surface area contributed by atoms with Crippen LogP contribution >= 0.6 is 0 Å². The van der Waals surface area contributed by atoms with Crippen LogP contribution in [0, 0.1) is 0 Å². The molecule has 0 aromatic carbocycles. The number of carbonyl (C=O) groups is 1. The van der Waals surface area contributed by atoms with Gasteiger partial charge < -0.3 is 9.64 Å². The van der Waals surface area contributed by atoms with E-state index in [-0.39, 0.29) is 11.8 Å². The minimum atomic E-state index is -0.0856. The van der Waals surface area contributed by atoms with Crippen molar-refractivity contribution in [1.29, 1.82) is 0 Å². The molecule has 0 bridgehead atoms. The van der Waals surface area contributed by atoms with E-state index in [0.717, 1.165) is 0 Å². The number of rotatable bonds is 3. The van der Waals surface area contributed by atoms with Gasteiger partial charge in [0, 0.05) is 13.1 Å². The summed E-state index contributed by atoms with van der Waals surface area (Å²) in [5.41, 5.74) is 0. The topological polar surface area (TPSA) is 41.9 Å². The molecule has 1 amide bonds. The van der Waals surface area contributed by atoms with Crippen LogP contribution in [-0.4, -0.2) is 42.9 Å². The second-order valence-corrected chi connectivity index (χ2v) is 2.51. The van der Waals surface area contributed by atoms with Crippen molar-refractivity contribution in [2.24, 2.45) is 4.99 Å². The molecule has 0 aliphatic carbocycles. The summed E-state index contributed by atoms with van der Waals surface area (Å²) in [6.07, 6.45) is 0. The molecule has 0 radical (unpaired) electrons. The van der Waals surface area contributed by atoms with Crippen molar-refractivity contribution >= 4 is 11.8 Å². The van der Waals surface area contributed by atoms with Crippen LogP contribution in [0.1, 0.15) is 13.8 Å². The summed E-state index contributed by atoms with van der Waals surface area (Å²) < 4.78 is 5.06. The van der Waals surface area contributed by atoms with Gasteiger partial charge in [0.05, 0.1) is 6.54 Å².